The van der Waals surface area contributed by atoms with Crippen molar-refractivity contribution >= 4 is 5.90 Å². The highest BCUT2D eigenvalue weighted by molar-refractivity contribution is 5.95. The van der Waals surface area contributed by atoms with Crippen molar-refractivity contribution in [2.45, 2.75) is 24.5 Å². The van der Waals surface area contributed by atoms with Crippen LogP contribution in [-0.2, 0) is 10.3 Å². The van der Waals surface area contributed by atoms with Crippen LogP contribution in [0.2, 0.25) is 0 Å². The van der Waals surface area contributed by atoms with E-state index in [1.54, 1.807) is 0 Å². The van der Waals surface area contributed by atoms with Gasteiger partial charge in [-0.2, -0.15) is 0 Å². The van der Waals surface area contributed by atoms with Crippen LogP contribution >= 0.6 is 0 Å². The van der Waals surface area contributed by atoms with Crippen LogP contribution in [0.25, 0.3) is 0 Å². The third-order valence-corrected chi connectivity index (χ3v) is 5.60. The molecule has 0 saturated carbocycles. The molecule has 5 rings (SSSR count). The number of ether oxygens (including phenoxy) is 1. The average molecular weight is 354 g/mol. The molecular formula is C24H22N2O. The molecule has 3 aromatic carbocycles. The number of benzene rings is 3. The number of hydrogen-bond donors (Lipinski definition) is 0. The first kappa shape index (κ1) is 16.1. The number of nitrogens with zero attached hydrogens (tertiary/aromatic N) is 2. The second-order valence-corrected chi connectivity index (χ2v) is 7.16. The van der Waals surface area contributed by atoms with Crippen molar-refractivity contribution in [2.24, 2.45) is 5.10 Å². The predicted molar refractivity (Wildman–Crippen MR) is 107 cm³/mol. The van der Waals surface area contributed by atoms with Crippen molar-refractivity contribution in [3.63, 3.8) is 0 Å². The first-order valence-electron chi connectivity index (χ1n) is 9.59. The first-order valence-corrected chi connectivity index (χ1v) is 9.59. The first-order chi connectivity index (χ1) is 13.4. The van der Waals surface area contributed by atoms with Crippen LogP contribution in [-0.4, -0.2) is 23.5 Å². The molecule has 27 heavy (non-hydrogen) atoms. The Kier molecular flexibility index (Phi) is 3.93. The topological polar surface area (TPSA) is 24.8 Å². The Labute approximate surface area is 159 Å². The summed E-state index contributed by atoms with van der Waals surface area (Å²) >= 11 is 0. The van der Waals surface area contributed by atoms with Gasteiger partial charge in [0.1, 0.15) is 0 Å². The van der Waals surface area contributed by atoms with Crippen molar-refractivity contribution in [3.05, 3.63) is 108 Å². The van der Waals surface area contributed by atoms with Crippen LogP contribution in [0, 0.1) is 0 Å². The maximum absolute atomic E-state index is 6.85. The molecule has 1 atom stereocenters. The molecule has 1 saturated heterocycles. The zero-order valence-corrected chi connectivity index (χ0v) is 15.2. The lowest BCUT2D eigenvalue weighted by molar-refractivity contribution is -0.0167. The average Bonchev–Trinajstić information content (AvgIpc) is 3.24. The summed E-state index contributed by atoms with van der Waals surface area (Å²) in [6, 6.07) is 31.6. The third kappa shape index (κ3) is 2.62. The third-order valence-electron chi connectivity index (χ3n) is 5.60. The minimum Gasteiger partial charge on any atom is -0.457 e. The van der Waals surface area contributed by atoms with Crippen LogP contribution in [0.1, 0.15) is 29.5 Å². The zero-order valence-electron chi connectivity index (χ0n) is 15.2. The summed E-state index contributed by atoms with van der Waals surface area (Å²) in [4.78, 5) is 0. The summed E-state index contributed by atoms with van der Waals surface area (Å²) in [6.45, 7) is 0.964. The Morgan fingerprint density at radius 1 is 0.778 bits per heavy atom. The molecule has 0 radical (unpaired) electrons. The van der Waals surface area contributed by atoms with Gasteiger partial charge >= 0.3 is 0 Å². The molecule has 0 N–H and O–H groups in total. The summed E-state index contributed by atoms with van der Waals surface area (Å²) in [5.74, 6) is 0.696. The van der Waals surface area contributed by atoms with Gasteiger partial charge in [-0.15, -0.1) is 5.10 Å². The van der Waals surface area contributed by atoms with Crippen molar-refractivity contribution in [1.82, 2.24) is 5.01 Å². The summed E-state index contributed by atoms with van der Waals surface area (Å²) in [7, 11) is 0. The Morgan fingerprint density at radius 2 is 1.33 bits per heavy atom. The van der Waals surface area contributed by atoms with Gasteiger partial charge in [-0.25, -0.2) is 0 Å². The van der Waals surface area contributed by atoms with E-state index in [0.29, 0.717) is 5.90 Å². The number of fused-ring (bicyclic) bond motifs is 1. The molecule has 1 unspecified atom stereocenters. The summed E-state index contributed by atoms with van der Waals surface area (Å²) < 4.78 is 6.85. The summed E-state index contributed by atoms with van der Waals surface area (Å²) in [5, 5.41) is 7.13. The molecule has 2 aliphatic rings. The van der Waals surface area contributed by atoms with Gasteiger partial charge in [0.05, 0.1) is 6.04 Å². The summed E-state index contributed by atoms with van der Waals surface area (Å²) in [5.41, 5.74) is 2.80. The van der Waals surface area contributed by atoms with E-state index >= 15 is 0 Å². The molecular weight excluding hydrogens is 332 g/mol. The lowest BCUT2D eigenvalue weighted by atomic mass is 9.78. The lowest BCUT2D eigenvalue weighted by Gasteiger charge is -2.46. The molecule has 2 aliphatic heterocycles. The lowest BCUT2D eigenvalue weighted by Crippen LogP contribution is -2.53. The van der Waals surface area contributed by atoms with E-state index in [0.717, 1.165) is 24.9 Å². The quantitative estimate of drug-likeness (QED) is 0.676. The molecule has 0 amide bonds. The number of hydrogen-bond acceptors (Lipinski definition) is 3. The Hall–Kier alpha value is -3.07. The number of rotatable bonds is 3. The molecule has 1 fully saturated rings. The second kappa shape index (κ2) is 6.58. The predicted octanol–water partition coefficient (Wildman–Crippen LogP) is 4.79. The Balaban J connectivity index is 1.73. The van der Waals surface area contributed by atoms with Crippen LogP contribution in [0.4, 0.5) is 0 Å². The fourth-order valence-corrected chi connectivity index (χ4v) is 4.38. The van der Waals surface area contributed by atoms with Crippen molar-refractivity contribution < 1.29 is 4.74 Å². The molecule has 0 aliphatic carbocycles. The van der Waals surface area contributed by atoms with Crippen molar-refractivity contribution in [3.8, 4) is 0 Å². The van der Waals surface area contributed by atoms with Gasteiger partial charge in [0.15, 0.2) is 5.60 Å². The van der Waals surface area contributed by atoms with E-state index in [9.17, 15) is 0 Å². The van der Waals surface area contributed by atoms with Gasteiger partial charge in [0, 0.05) is 23.2 Å². The minimum absolute atomic E-state index is 0.190. The SMILES string of the molecule is c1ccc(C2=NN3CCCC3C(c3ccccc3)(c3ccccc3)O2)cc1. The maximum atomic E-state index is 6.85. The van der Waals surface area contributed by atoms with Crippen LogP contribution in [0.3, 0.4) is 0 Å². The normalized spacial score (nSPS) is 20.5. The minimum atomic E-state index is -0.564. The molecule has 2 heterocycles. The molecule has 0 aromatic heterocycles. The molecule has 3 aromatic rings. The monoisotopic (exact) mass is 354 g/mol. The highest BCUT2D eigenvalue weighted by Crippen LogP contribution is 2.46. The zero-order chi connectivity index (χ0) is 18.1. The Bertz CT molecular complexity index is 898. The van der Waals surface area contributed by atoms with Gasteiger partial charge in [-0.05, 0) is 25.0 Å². The molecule has 3 nitrogen and oxygen atoms in total. The smallest absolute Gasteiger partial charge is 0.239 e. The Morgan fingerprint density at radius 3 is 1.93 bits per heavy atom. The van der Waals surface area contributed by atoms with Crippen LogP contribution in [0.5, 0.6) is 0 Å². The standard InChI is InChI=1S/C24H22N2O/c1-4-11-19(12-5-1)23-25-26-18-10-17-22(26)24(27-23,20-13-6-2-7-14-20)21-15-8-3-9-16-21/h1-9,11-16,22H,10,17-18H2. The maximum Gasteiger partial charge on any atom is 0.239 e. The highest BCUT2D eigenvalue weighted by Gasteiger charge is 2.52. The fraction of sp³-hybridized carbons (Fsp3) is 0.208. The molecule has 3 heteroatoms. The van der Waals surface area contributed by atoms with Gasteiger partial charge in [-0.3, -0.25) is 5.01 Å². The van der Waals surface area contributed by atoms with Crippen molar-refractivity contribution in [1.29, 1.82) is 0 Å². The fourth-order valence-electron chi connectivity index (χ4n) is 4.38. The van der Waals surface area contributed by atoms with Crippen LogP contribution < -0.4 is 0 Å². The number of hydrazone groups is 1. The van der Waals surface area contributed by atoms with E-state index < -0.39 is 5.60 Å². The van der Waals surface area contributed by atoms with E-state index in [1.807, 2.05) is 18.2 Å². The van der Waals surface area contributed by atoms with E-state index in [2.05, 4.69) is 77.8 Å². The van der Waals surface area contributed by atoms with E-state index in [-0.39, 0.29) is 6.04 Å². The van der Waals surface area contributed by atoms with E-state index in [4.69, 9.17) is 9.84 Å². The summed E-state index contributed by atoms with van der Waals surface area (Å²) in [6.07, 6.45) is 2.19. The van der Waals surface area contributed by atoms with Crippen molar-refractivity contribution in [2.75, 3.05) is 6.54 Å². The van der Waals surface area contributed by atoms with Gasteiger partial charge in [0.2, 0.25) is 5.90 Å². The molecule has 134 valence electrons. The largest absolute Gasteiger partial charge is 0.457 e. The van der Waals surface area contributed by atoms with E-state index in [1.165, 1.54) is 11.1 Å². The second-order valence-electron chi connectivity index (χ2n) is 7.16. The highest BCUT2D eigenvalue weighted by atomic mass is 16.5. The van der Waals surface area contributed by atoms with Gasteiger partial charge in [0.25, 0.3) is 0 Å². The van der Waals surface area contributed by atoms with Crippen LogP contribution in [0.15, 0.2) is 96.1 Å². The molecule has 0 bridgehead atoms. The molecule has 0 spiro atoms. The van der Waals surface area contributed by atoms with Gasteiger partial charge < -0.3 is 4.74 Å². The van der Waals surface area contributed by atoms with Gasteiger partial charge in [-0.1, -0.05) is 78.9 Å².